The lowest BCUT2D eigenvalue weighted by Crippen LogP contribution is -2.37. The van der Waals surface area contributed by atoms with Crippen LogP contribution in [0.5, 0.6) is 5.75 Å². The van der Waals surface area contributed by atoms with Gasteiger partial charge in [-0.25, -0.2) is 14.8 Å². The molecule has 41 heavy (non-hydrogen) atoms. The van der Waals surface area contributed by atoms with E-state index in [0.717, 1.165) is 46.2 Å². The summed E-state index contributed by atoms with van der Waals surface area (Å²) in [5.41, 5.74) is 8.41. The number of anilines is 4. The van der Waals surface area contributed by atoms with Crippen molar-refractivity contribution in [1.29, 1.82) is 0 Å². The lowest BCUT2D eigenvalue weighted by Gasteiger charge is -2.27. The molecule has 0 unspecified atom stereocenters. The summed E-state index contributed by atoms with van der Waals surface area (Å²) in [6.45, 7) is 6.53. The van der Waals surface area contributed by atoms with Gasteiger partial charge >= 0.3 is 0 Å². The van der Waals surface area contributed by atoms with E-state index in [4.69, 9.17) is 16.3 Å². The van der Waals surface area contributed by atoms with E-state index < -0.39 is 5.82 Å². The number of aromatic nitrogens is 2. The molecule has 8 nitrogen and oxygen atoms in total. The van der Waals surface area contributed by atoms with Gasteiger partial charge in [0.05, 0.1) is 25.6 Å². The fourth-order valence-electron chi connectivity index (χ4n) is 4.68. The highest BCUT2D eigenvalue weighted by Gasteiger charge is 2.18. The first-order valence-corrected chi connectivity index (χ1v) is 13.9. The molecule has 10 heteroatoms. The standard InChI is InChI=1S/C31H32ClFN6O2/c1-20(2)12-23-14-26(36-27-15-24(13-25(32)17-27)21-4-3-5-28(40)16-21)7-6-22(23)18-35-38-31-34-19-29(33)30(37-31)39-8-10-41-11-9-39/h3-7,13-20,36,40H,8-12H2,1-2H3,(H,34,37,38)/b35-18-. The predicted molar refractivity (Wildman–Crippen MR) is 163 cm³/mol. The Labute approximate surface area is 243 Å². The van der Waals surface area contributed by atoms with Crippen LogP contribution in [0.4, 0.5) is 27.5 Å². The van der Waals surface area contributed by atoms with Crippen LogP contribution in [0.25, 0.3) is 11.1 Å². The number of benzene rings is 3. The quantitative estimate of drug-likeness (QED) is 0.148. The van der Waals surface area contributed by atoms with E-state index in [9.17, 15) is 9.50 Å². The zero-order valence-electron chi connectivity index (χ0n) is 22.9. The smallest absolute Gasteiger partial charge is 0.245 e. The fraction of sp³-hybridized carbons (Fsp3) is 0.258. The van der Waals surface area contributed by atoms with Gasteiger partial charge in [-0.15, -0.1) is 0 Å². The molecule has 0 amide bonds. The highest BCUT2D eigenvalue weighted by Crippen LogP contribution is 2.31. The molecule has 3 N–H and O–H groups in total. The zero-order chi connectivity index (χ0) is 28.8. The number of halogens is 2. The maximum Gasteiger partial charge on any atom is 0.245 e. The van der Waals surface area contributed by atoms with Gasteiger partial charge in [-0.1, -0.05) is 43.6 Å². The molecule has 1 saturated heterocycles. The van der Waals surface area contributed by atoms with Crippen molar-refractivity contribution in [2.24, 2.45) is 11.0 Å². The Morgan fingerprint density at radius 2 is 1.90 bits per heavy atom. The number of hydrazone groups is 1. The third kappa shape index (κ3) is 7.50. The van der Waals surface area contributed by atoms with Crippen molar-refractivity contribution in [3.63, 3.8) is 0 Å². The number of morpholine rings is 1. The number of nitrogens with one attached hydrogen (secondary N) is 2. The first-order chi connectivity index (χ1) is 19.8. The second kappa shape index (κ2) is 13.0. The minimum atomic E-state index is -0.475. The molecule has 4 aromatic rings. The lowest BCUT2D eigenvalue weighted by atomic mass is 9.97. The number of aromatic hydroxyl groups is 1. The minimum Gasteiger partial charge on any atom is -0.508 e. The normalized spacial score (nSPS) is 13.6. The topological polar surface area (TPSA) is 94.9 Å². The van der Waals surface area contributed by atoms with E-state index in [-0.39, 0.29) is 17.5 Å². The van der Waals surface area contributed by atoms with Gasteiger partial charge in [-0.2, -0.15) is 10.1 Å². The van der Waals surface area contributed by atoms with Crippen LogP contribution < -0.4 is 15.6 Å². The van der Waals surface area contributed by atoms with Crippen LogP contribution in [0, 0.1) is 11.7 Å². The first-order valence-electron chi connectivity index (χ1n) is 13.5. The summed E-state index contributed by atoms with van der Waals surface area (Å²) in [7, 11) is 0. The van der Waals surface area contributed by atoms with Gasteiger partial charge in [-0.05, 0) is 77.1 Å². The van der Waals surface area contributed by atoms with Gasteiger partial charge in [0.2, 0.25) is 5.95 Å². The van der Waals surface area contributed by atoms with Crippen LogP contribution >= 0.6 is 11.6 Å². The average molecular weight is 575 g/mol. The number of ether oxygens (including phenoxy) is 1. The van der Waals surface area contributed by atoms with Crippen LogP contribution in [0.2, 0.25) is 5.02 Å². The zero-order valence-corrected chi connectivity index (χ0v) is 23.7. The summed E-state index contributed by atoms with van der Waals surface area (Å²) < 4.78 is 19.7. The largest absolute Gasteiger partial charge is 0.508 e. The minimum absolute atomic E-state index is 0.200. The van der Waals surface area contributed by atoms with Gasteiger partial charge in [0.25, 0.3) is 0 Å². The van der Waals surface area contributed by atoms with Gasteiger partial charge in [0.15, 0.2) is 11.6 Å². The number of hydrogen-bond acceptors (Lipinski definition) is 8. The molecule has 5 rings (SSSR count). The Kier molecular flexibility index (Phi) is 8.96. The number of hydrogen-bond donors (Lipinski definition) is 3. The maximum absolute atomic E-state index is 14.4. The molecule has 0 saturated carbocycles. The Bertz CT molecular complexity index is 1540. The number of phenols is 1. The Morgan fingerprint density at radius 1 is 1.07 bits per heavy atom. The van der Waals surface area contributed by atoms with Crippen molar-refractivity contribution in [2.45, 2.75) is 20.3 Å². The molecular formula is C31H32ClFN6O2. The Hall–Kier alpha value is -4.21. The molecule has 1 aromatic heterocycles. The summed E-state index contributed by atoms with van der Waals surface area (Å²) in [5.74, 6) is 0.606. The van der Waals surface area contributed by atoms with Gasteiger partial charge in [0.1, 0.15) is 5.75 Å². The molecule has 0 atom stereocenters. The summed E-state index contributed by atoms with van der Waals surface area (Å²) in [5, 5.41) is 18.3. The van der Waals surface area contributed by atoms with Crippen molar-refractivity contribution in [2.75, 3.05) is 41.9 Å². The molecule has 0 aliphatic carbocycles. The first kappa shape index (κ1) is 28.3. The summed E-state index contributed by atoms with van der Waals surface area (Å²) in [6, 6.07) is 18.9. The molecule has 1 fully saturated rings. The monoisotopic (exact) mass is 574 g/mol. The van der Waals surface area contributed by atoms with Crippen LogP contribution in [0.1, 0.15) is 25.0 Å². The van der Waals surface area contributed by atoms with Gasteiger partial charge < -0.3 is 20.1 Å². The third-order valence-corrected chi connectivity index (χ3v) is 6.76. The molecule has 0 spiro atoms. The second-order valence-electron chi connectivity index (χ2n) is 10.3. The Balaban J connectivity index is 1.34. The van der Waals surface area contributed by atoms with E-state index in [1.165, 1.54) is 0 Å². The van der Waals surface area contributed by atoms with E-state index in [2.05, 4.69) is 45.7 Å². The molecule has 0 bridgehead atoms. The highest BCUT2D eigenvalue weighted by atomic mass is 35.5. The van der Waals surface area contributed by atoms with Crippen LogP contribution in [0.15, 0.2) is 72.0 Å². The maximum atomic E-state index is 14.4. The number of phenolic OH excluding ortho intramolecular Hbond substituents is 1. The van der Waals surface area contributed by atoms with Crippen molar-refractivity contribution in [3.8, 4) is 16.9 Å². The third-order valence-electron chi connectivity index (χ3n) is 6.54. The Morgan fingerprint density at radius 3 is 2.68 bits per heavy atom. The van der Waals surface area contributed by atoms with Crippen LogP contribution in [-0.4, -0.2) is 47.6 Å². The van der Waals surface area contributed by atoms with Crippen molar-refractivity contribution >= 4 is 41.0 Å². The molecule has 2 heterocycles. The van der Waals surface area contributed by atoms with Gasteiger partial charge in [0, 0.05) is 29.5 Å². The highest BCUT2D eigenvalue weighted by molar-refractivity contribution is 6.31. The van der Waals surface area contributed by atoms with Crippen molar-refractivity contribution in [3.05, 3.63) is 88.8 Å². The SMILES string of the molecule is CC(C)Cc1cc(Nc2cc(Cl)cc(-c3cccc(O)c3)c2)ccc1/C=N\Nc1ncc(F)c(N2CCOCC2)n1. The van der Waals surface area contributed by atoms with Crippen LogP contribution in [0.3, 0.4) is 0 Å². The predicted octanol–water partition coefficient (Wildman–Crippen LogP) is 6.87. The molecule has 3 aromatic carbocycles. The molecule has 0 radical (unpaired) electrons. The van der Waals surface area contributed by atoms with Crippen molar-refractivity contribution < 1.29 is 14.2 Å². The summed E-state index contributed by atoms with van der Waals surface area (Å²) in [4.78, 5) is 10.2. The van der Waals surface area contributed by atoms with Crippen molar-refractivity contribution in [1.82, 2.24) is 9.97 Å². The van der Waals surface area contributed by atoms with E-state index in [0.29, 0.717) is 37.2 Å². The molecule has 1 aliphatic rings. The summed E-state index contributed by atoms with van der Waals surface area (Å²) in [6.07, 6.45) is 3.72. The van der Waals surface area contributed by atoms with Crippen LogP contribution in [-0.2, 0) is 11.2 Å². The van der Waals surface area contributed by atoms with E-state index in [1.54, 1.807) is 24.4 Å². The molecular weight excluding hydrogens is 543 g/mol. The fourth-order valence-corrected chi connectivity index (χ4v) is 4.91. The number of rotatable bonds is 9. The second-order valence-corrected chi connectivity index (χ2v) is 10.7. The van der Waals surface area contributed by atoms with Gasteiger partial charge in [-0.3, -0.25) is 0 Å². The lowest BCUT2D eigenvalue weighted by molar-refractivity contribution is 0.122. The van der Waals surface area contributed by atoms with E-state index >= 15 is 0 Å². The summed E-state index contributed by atoms with van der Waals surface area (Å²) >= 11 is 6.44. The molecule has 1 aliphatic heterocycles. The average Bonchev–Trinajstić information content (AvgIpc) is 2.95. The number of nitrogens with zero attached hydrogens (tertiary/aromatic N) is 4. The molecule has 212 valence electrons. The van der Waals surface area contributed by atoms with E-state index in [1.807, 2.05) is 41.3 Å².